The molecular weight excluding hydrogens is 635 g/mol. The summed E-state index contributed by atoms with van der Waals surface area (Å²) in [5.74, 6) is 0.582. The van der Waals surface area contributed by atoms with Crippen LogP contribution in [0, 0.1) is 0 Å². The quantitative estimate of drug-likeness (QED) is 0.0577. The van der Waals surface area contributed by atoms with Crippen LogP contribution in [-0.2, 0) is 32.7 Å². The molecule has 0 aliphatic carbocycles. The third-order valence-corrected chi connectivity index (χ3v) is 6.60. The van der Waals surface area contributed by atoms with E-state index in [2.05, 4.69) is 68.0 Å². The first kappa shape index (κ1) is 38.0. The van der Waals surface area contributed by atoms with Crippen LogP contribution in [0.3, 0.4) is 0 Å². The van der Waals surface area contributed by atoms with E-state index in [4.69, 9.17) is 10.1 Å². The van der Waals surface area contributed by atoms with Gasteiger partial charge in [0.15, 0.2) is 6.29 Å². The topological polar surface area (TPSA) is 118 Å². The molecule has 1 radical (unpaired) electrons. The molecule has 0 fully saturated rings. The van der Waals surface area contributed by atoms with Crippen LogP contribution >= 0.6 is 11.8 Å². The summed E-state index contributed by atoms with van der Waals surface area (Å²) in [6, 6.07) is 18.4. The second-order valence-corrected chi connectivity index (χ2v) is 9.86. The molecule has 11 heteroatoms. The van der Waals surface area contributed by atoms with E-state index in [1.165, 1.54) is 17.3 Å². The molecule has 227 valence electrons. The summed E-state index contributed by atoms with van der Waals surface area (Å²) >= 11 is 1.75. The Bertz CT molecular complexity index is 1370. The van der Waals surface area contributed by atoms with Crippen molar-refractivity contribution in [3.8, 4) is 5.88 Å². The summed E-state index contributed by atoms with van der Waals surface area (Å²) in [6.45, 7) is 5.34. The van der Waals surface area contributed by atoms with E-state index in [-0.39, 0.29) is 32.7 Å². The van der Waals surface area contributed by atoms with Gasteiger partial charge in [-0.3, -0.25) is 14.9 Å². The number of methoxy groups -OCH3 is 1. The van der Waals surface area contributed by atoms with Gasteiger partial charge in [0, 0.05) is 50.8 Å². The van der Waals surface area contributed by atoms with Crippen molar-refractivity contribution < 1.29 is 42.2 Å². The summed E-state index contributed by atoms with van der Waals surface area (Å²) in [5, 5.41) is 18.1. The molecule has 43 heavy (non-hydrogen) atoms. The number of thioether (sulfide) groups is 1. The van der Waals surface area contributed by atoms with Gasteiger partial charge in [0.05, 0.1) is 41.8 Å². The minimum atomic E-state index is 0. The van der Waals surface area contributed by atoms with Gasteiger partial charge in [0.1, 0.15) is 0 Å². The molecule has 0 unspecified atom stereocenters. The number of pyridine rings is 1. The number of hydrogen-bond donors (Lipinski definition) is 3. The third-order valence-electron chi connectivity index (χ3n) is 5.82. The molecule has 3 N–H and O–H groups in total. The summed E-state index contributed by atoms with van der Waals surface area (Å²) in [4.78, 5) is 19.7. The van der Waals surface area contributed by atoms with Gasteiger partial charge in [-0.05, 0) is 56.6 Å². The predicted octanol–water partition coefficient (Wildman–Crippen LogP) is 6.88. The van der Waals surface area contributed by atoms with E-state index in [1.54, 1.807) is 25.1 Å². The number of fused-ring (bicyclic) bond motifs is 1. The third kappa shape index (κ3) is 13.9. The Balaban J connectivity index is 0.000000717. The van der Waals surface area contributed by atoms with Gasteiger partial charge in [-0.25, -0.2) is 4.98 Å². The Kier molecular flexibility index (Phi) is 20.7. The molecule has 0 bridgehead atoms. The number of nitrogens with one attached hydrogen (secondary N) is 3. The van der Waals surface area contributed by atoms with E-state index in [0.717, 1.165) is 72.9 Å². The average Bonchev–Trinajstić information content (AvgIpc) is 3.56. The van der Waals surface area contributed by atoms with Crippen LogP contribution in [0.1, 0.15) is 41.6 Å². The number of nitrogens with zero attached hydrogens (tertiary/aromatic N) is 4. The van der Waals surface area contributed by atoms with Gasteiger partial charge in [0.25, 0.3) is 0 Å². The fraction of sp³-hybridized carbons (Fsp3) is 0.312. The molecule has 0 amide bonds. The Morgan fingerprint density at radius 2 is 1.84 bits per heavy atom. The van der Waals surface area contributed by atoms with Crippen LogP contribution < -0.4 is 15.4 Å². The molecule has 0 aliphatic heterocycles. The molecule has 4 aromatic rings. The number of benzene rings is 2. The van der Waals surface area contributed by atoms with Gasteiger partial charge >= 0.3 is 0 Å². The van der Waals surface area contributed by atoms with Crippen LogP contribution in [0.4, 0.5) is 5.69 Å². The van der Waals surface area contributed by atoms with Crippen molar-refractivity contribution in [3.63, 3.8) is 0 Å². The van der Waals surface area contributed by atoms with Crippen molar-refractivity contribution in [2.45, 2.75) is 30.6 Å². The second kappa shape index (κ2) is 23.4. The van der Waals surface area contributed by atoms with E-state index in [0.29, 0.717) is 11.4 Å². The first-order valence-corrected chi connectivity index (χ1v) is 15.0. The predicted molar refractivity (Wildman–Crippen MR) is 177 cm³/mol. The average molecular weight is 678 g/mol. The number of H-pyrrole nitrogens is 1. The zero-order valence-electron chi connectivity index (χ0n) is 25.5. The number of rotatable bonds is 14. The minimum Gasteiger partial charge on any atom is -0.683 e. The smallest absolute Gasteiger partial charge is 0.223 e. The second-order valence-electron chi connectivity index (χ2n) is 9.01. The molecule has 0 aliphatic rings. The Hall–Kier alpha value is -3.05. The number of aliphatic imine (C=N–C) groups is 1. The normalized spacial score (nSPS) is 10.3. The summed E-state index contributed by atoms with van der Waals surface area (Å²) in [6.07, 6.45) is 12.0. The molecule has 2 aromatic carbocycles. The Morgan fingerprint density at radius 1 is 1.12 bits per heavy atom. The van der Waals surface area contributed by atoms with E-state index >= 15 is 0 Å². The van der Waals surface area contributed by atoms with Gasteiger partial charge in [-0.2, -0.15) is 5.10 Å². The first-order chi connectivity index (χ1) is 20.6. The van der Waals surface area contributed by atoms with Crippen LogP contribution in [0.5, 0.6) is 5.88 Å². The molecule has 2 heterocycles. The van der Waals surface area contributed by atoms with Crippen molar-refractivity contribution in [1.82, 2.24) is 25.8 Å². The monoisotopic (exact) mass is 677 g/mol. The van der Waals surface area contributed by atoms with Crippen LogP contribution in [-0.4, -0.2) is 68.7 Å². The number of hydrogen-bond acceptors (Lipinski definition) is 8. The van der Waals surface area contributed by atoms with E-state index in [1.807, 2.05) is 44.4 Å². The molecule has 0 saturated heterocycles. The van der Waals surface area contributed by atoms with Crippen molar-refractivity contribution in [2.75, 3.05) is 40.6 Å². The van der Waals surface area contributed by atoms with Crippen molar-refractivity contribution >= 4 is 47.1 Å². The number of para-hydroxylation sites is 2. The Labute approximate surface area is 285 Å². The molecule has 0 saturated carbocycles. The van der Waals surface area contributed by atoms with Crippen molar-refractivity contribution in [1.29, 1.82) is 0 Å². The Morgan fingerprint density at radius 3 is 2.49 bits per heavy atom. The van der Waals surface area contributed by atoms with Gasteiger partial charge < -0.3 is 20.7 Å². The zero-order chi connectivity index (χ0) is 30.4. The van der Waals surface area contributed by atoms with Crippen LogP contribution in [0.25, 0.3) is 21.9 Å². The summed E-state index contributed by atoms with van der Waals surface area (Å²) < 4.78 is 5.54. The van der Waals surface area contributed by atoms with E-state index < -0.39 is 0 Å². The SMILES string of the molecule is C=N/C=C(\NCCCCCC[N-]c1ccccc1SC)c1cc2ccccc2nc1OC.CNC.O=Cc1cn[nH]c1.[Y]. The number of aromatic nitrogens is 3. The number of aldehydes is 1. The summed E-state index contributed by atoms with van der Waals surface area (Å²) in [5.41, 5.74) is 4.36. The molecule has 4 rings (SSSR count). The van der Waals surface area contributed by atoms with Crippen LogP contribution in [0.15, 0.2) is 83.1 Å². The molecule has 9 nitrogen and oxygen atoms in total. The number of unbranched alkanes of at least 4 members (excludes halogenated alkanes) is 3. The maximum absolute atomic E-state index is 9.81. The molecule has 0 spiro atoms. The molecular formula is C32H42N7O2SY-. The first-order valence-electron chi connectivity index (χ1n) is 13.8. The van der Waals surface area contributed by atoms with Gasteiger partial charge in [-0.15, -0.1) is 24.0 Å². The fourth-order valence-electron chi connectivity index (χ4n) is 3.85. The minimum absolute atomic E-state index is 0. The standard InChI is InChI=1S/C26H31N4OS.C4H4N2O.C2H7N.Y/c1-27-19-24(21-18-20-12-6-7-13-22(20)30-26(21)31-2)29-17-11-5-4-10-16-28-23-14-8-9-15-25(23)32-3;7-3-4-1-5-6-2-4;1-3-2;/h6-9,12-15,18-19,29H,1,4-5,10-11,16-17H2,2-3H3;1-3H,(H,5,6);3H,1-2H3;/q-1;;;/b24-19-;;;. The number of ether oxygens (including phenoxy) is 1. The molecule has 2 aromatic heterocycles. The van der Waals surface area contributed by atoms with Crippen LogP contribution in [0.2, 0.25) is 0 Å². The fourth-order valence-corrected chi connectivity index (χ4v) is 4.40. The summed E-state index contributed by atoms with van der Waals surface area (Å²) in [7, 11) is 5.39. The zero-order valence-corrected chi connectivity index (χ0v) is 29.2. The number of aromatic amines is 1. The number of carbonyl (C=O) groups is 1. The van der Waals surface area contributed by atoms with E-state index in [9.17, 15) is 4.79 Å². The van der Waals surface area contributed by atoms with Crippen molar-refractivity contribution in [3.05, 3.63) is 89.6 Å². The molecule has 0 atom stereocenters. The largest absolute Gasteiger partial charge is 0.683 e. The van der Waals surface area contributed by atoms with Crippen molar-refractivity contribution in [2.24, 2.45) is 4.99 Å². The maximum atomic E-state index is 9.81. The maximum Gasteiger partial charge on any atom is 0.223 e. The van der Waals surface area contributed by atoms with Gasteiger partial charge in [-0.1, -0.05) is 55.7 Å². The number of carbonyl (C=O) groups excluding carboxylic acids is 1. The van der Waals surface area contributed by atoms with Gasteiger partial charge in [0.2, 0.25) is 5.88 Å².